The molecule has 0 fully saturated rings. The highest BCUT2D eigenvalue weighted by atomic mass is 35.5. The molecule has 8 heteroatoms. The van der Waals surface area contributed by atoms with E-state index in [-0.39, 0.29) is 24.6 Å². The van der Waals surface area contributed by atoms with E-state index >= 15 is 0 Å². The molecular weight excluding hydrogens is 360 g/mol. The highest BCUT2D eigenvalue weighted by Crippen LogP contribution is 2.14. The number of benzene rings is 2. The molecule has 0 atom stereocenters. The maximum absolute atomic E-state index is 11.9. The SMILES string of the molecule is O=C(CCCNC(=O)c1ccc(Cl)cc1)OCc1cccc([N+](=O)[O-])c1. The van der Waals surface area contributed by atoms with Crippen LogP contribution in [0, 0.1) is 10.1 Å². The van der Waals surface area contributed by atoms with E-state index in [2.05, 4.69) is 5.32 Å². The Morgan fingerprint density at radius 3 is 2.58 bits per heavy atom. The van der Waals surface area contributed by atoms with Crippen LogP contribution < -0.4 is 5.32 Å². The molecule has 0 spiro atoms. The Hall–Kier alpha value is -2.93. The standard InChI is InChI=1S/C18H17ClN2O5/c19-15-8-6-14(7-9-15)18(23)20-10-2-5-17(22)26-12-13-3-1-4-16(11-13)21(24)25/h1,3-4,6-9,11H,2,5,10,12H2,(H,20,23). The number of nitrogens with zero attached hydrogens (tertiary/aromatic N) is 1. The van der Waals surface area contributed by atoms with Crippen molar-refractivity contribution in [3.05, 3.63) is 74.8 Å². The highest BCUT2D eigenvalue weighted by Gasteiger charge is 2.09. The lowest BCUT2D eigenvalue weighted by Crippen LogP contribution is -2.24. The summed E-state index contributed by atoms with van der Waals surface area (Å²) in [7, 11) is 0. The summed E-state index contributed by atoms with van der Waals surface area (Å²) in [5, 5.41) is 13.9. The maximum Gasteiger partial charge on any atom is 0.306 e. The number of ether oxygens (including phenoxy) is 1. The lowest BCUT2D eigenvalue weighted by molar-refractivity contribution is -0.384. The molecule has 2 aromatic carbocycles. The van der Waals surface area contributed by atoms with Crippen LogP contribution in [0.2, 0.25) is 5.02 Å². The Morgan fingerprint density at radius 2 is 1.88 bits per heavy atom. The molecule has 0 unspecified atom stereocenters. The monoisotopic (exact) mass is 376 g/mol. The number of carbonyl (C=O) groups excluding carboxylic acids is 2. The zero-order chi connectivity index (χ0) is 18.9. The minimum atomic E-state index is -0.505. The summed E-state index contributed by atoms with van der Waals surface area (Å²) < 4.78 is 5.08. The van der Waals surface area contributed by atoms with Gasteiger partial charge in [0.25, 0.3) is 11.6 Å². The lowest BCUT2D eigenvalue weighted by atomic mass is 10.2. The molecule has 136 valence electrons. The van der Waals surface area contributed by atoms with Crippen molar-refractivity contribution in [3.63, 3.8) is 0 Å². The van der Waals surface area contributed by atoms with E-state index in [4.69, 9.17) is 16.3 Å². The molecule has 0 aromatic heterocycles. The molecule has 0 aliphatic heterocycles. The van der Waals surface area contributed by atoms with Crippen molar-refractivity contribution in [2.45, 2.75) is 19.4 Å². The van der Waals surface area contributed by atoms with Crippen LogP contribution in [0.4, 0.5) is 5.69 Å². The molecule has 0 saturated heterocycles. The fourth-order valence-corrected chi connectivity index (χ4v) is 2.26. The quantitative estimate of drug-likeness (QED) is 0.329. The number of halogens is 1. The Morgan fingerprint density at radius 1 is 1.15 bits per heavy atom. The number of esters is 1. The second kappa shape index (κ2) is 9.53. The molecule has 0 aliphatic rings. The molecule has 0 bridgehead atoms. The first-order chi connectivity index (χ1) is 12.5. The molecule has 26 heavy (non-hydrogen) atoms. The summed E-state index contributed by atoms with van der Waals surface area (Å²) in [6.45, 7) is 0.297. The Bertz CT molecular complexity index is 792. The van der Waals surface area contributed by atoms with Crippen LogP contribution in [0.3, 0.4) is 0 Å². The predicted octanol–water partition coefficient (Wildman–Crippen LogP) is 3.50. The summed E-state index contributed by atoms with van der Waals surface area (Å²) in [5.41, 5.74) is 0.981. The van der Waals surface area contributed by atoms with E-state index in [1.54, 1.807) is 30.3 Å². The van der Waals surface area contributed by atoms with Crippen molar-refractivity contribution in [2.75, 3.05) is 6.54 Å². The van der Waals surface area contributed by atoms with Crippen LogP contribution in [-0.2, 0) is 16.1 Å². The maximum atomic E-state index is 11.9. The Kier molecular flexibility index (Phi) is 7.11. The van der Waals surface area contributed by atoms with Gasteiger partial charge in [0, 0.05) is 35.7 Å². The van der Waals surface area contributed by atoms with Crippen molar-refractivity contribution in [3.8, 4) is 0 Å². The lowest BCUT2D eigenvalue weighted by Gasteiger charge is -2.07. The van der Waals surface area contributed by atoms with Gasteiger partial charge in [0.1, 0.15) is 6.61 Å². The zero-order valence-corrected chi connectivity index (χ0v) is 14.6. The fourth-order valence-electron chi connectivity index (χ4n) is 2.13. The van der Waals surface area contributed by atoms with Crippen molar-refractivity contribution >= 4 is 29.2 Å². The largest absolute Gasteiger partial charge is 0.461 e. The van der Waals surface area contributed by atoms with Crippen molar-refractivity contribution in [2.24, 2.45) is 0 Å². The average Bonchev–Trinajstić information content (AvgIpc) is 2.64. The second-order valence-corrected chi connectivity index (χ2v) is 5.89. The van der Waals surface area contributed by atoms with Gasteiger partial charge in [0.2, 0.25) is 0 Å². The zero-order valence-electron chi connectivity index (χ0n) is 13.8. The number of amides is 1. The predicted molar refractivity (Wildman–Crippen MR) is 95.9 cm³/mol. The van der Waals surface area contributed by atoms with Gasteiger partial charge in [-0.15, -0.1) is 0 Å². The number of rotatable bonds is 8. The van der Waals surface area contributed by atoms with Gasteiger partial charge in [-0.1, -0.05) is 23.7 Å². The molecule has 0 heterocycles. The second-order valence-electron chi connectivity index (χ2n) is 5.45. The van der Waals surface area contributed by atoms with E-state index in [1.165, 1.54) is 18.2 Å². The van der Waals surface area contributed by atoms with Gasteiger partial charge >= 0.3 is 5.97 Å². The van der Waals surface area contributed by atoms with E-state index in [1.807, 2.05) is 0 Å². The van der Waals surface area contributed by atoms with Gasteiger partial charge in [0.15, 0.2) is 0 Å². The average molecular weight is 377 g/mol. The number of nitrogens with one attached hydrogen (secondary N) is 1. The minimum absolute atomic E-state index is 0.0301. The van der Waals surface area contributed by atoms with Gasteiger partial charge in [-0.05, 0) is 36.2 Å². The third-order valence-electron chi connectivity index (χ3n) is 3.47. The summed E-state index contributed by atoms with van der Waals surface area (Å²) >= 11 is 5.76. The van der Waals surface area contributed by atoms with Crippen LogP contribution in [0.1, 0.15) is 28.8 Å². The van der Waals surface area contributed by atoms with Crippen LogP contribution in [0.5, 0.6) is 0 Å². The number of hydrogen-bond acceptors (Lipinski definition) is 5. The van der Waals surface area contributed by atoms with Crippen LogP contribution >= 0.6 is 11.6 Å². The third kappa shape index (κ3) is 6.18. The summed E-state index contributed by atoms with van der Waals surface area (Å²) in [6.07, 6.45) is 0.558. The van der Waals surface area contributed by atoms with Crippen molar-refractivity contribution in [1.29, 1.82) is 0 Å². The molecule has 0 aliphatic carbocycles. The number of hydrogen-bond donors (Lipinski definition) is 1. The van der Waals surface area contributed by atoms with Crippen molar-refractivity contribution in [1.82, 2.24) is 5.32 Å². The molecule has 7 nitrogen and oxygen atoms in total. The Balaban J connectivity index is 1.67. The first kappa shape index (κ1) is 19.4. The van der Waals surface area contributed by atoms with Crippen LogP contribution in [0.15, 0.2) is 48.5 Å². The highest BCUT2D eigenvalue weighted by molar-refractivity contribution is 6.30. The molecule has 0 saturated carbocycles. The molecule has 1 N–H and O–H groups in total. The van der Waals surface area contributed by atoms with Gasteiger partial charge in [-0.3, -0.25) is 19.7 Å². The normalized spacial score (nSPS) is 10.2. The van der Waals surface area contributed by atoms with Gasteiger partial charge in [-0.2, -0.15) is 0 Å². The fraction of sp³-hybridized carbons (Fsp3) is 0.222. The van der Waals surface area contributed by atoms with E-state index in [0.717, 1.165) is 0 Å². The molecule has 1 amide bonds. The van der Waals surface area contributed by atoms with Gasteiger partial charge in [0.05, 0.1) is 4.92 Å². The molecule has 2 aromatic rings. The topological polar surface area (TPSA) is 98.5 Å². The Labute approximate surface area is 155 Å². The van der Waals surface area contributed by atoms with E-state index < -0.39 is 10.9 Å². The third-order valence-corrected chi connectivity index (χ3v) is 3.72. The smallest absolute Gasteiger partial charge is 0.306 e. The number of carbonyl (C=O) groups is 2. The first-order valence-corrected chi connectivity index (χ1v) is 8.26. The summed E-state index contributed by atoms with van der Waals surface area (Å²) in [4.78, 5) is 33.8. The first-order valence-electron chi connectivity index (χ1n) is 7.88. The number of non-ortho nitro benzene ring substituents is 1. The number of nitro groups is 1. The molecular formula is C18H17ClN2O5. The van der Waals surface area contributed by atoms with E-state index in [9.17, 15) is 19.7 Å². The van der Waals surface area contributed by atoms with Crippen LogP contribution in [-0.4, -0.2) is 23.3 Å². The van der Waals surface area contributed by atoms with Crippen molar-refractivity contribution < 1.29 is 19.2 Å². The minimum Gasteiger partial charge on any atom is -0.461 e. The number of nitro benzene ring substituents is 1. The van der Waals surface area contributed by atoms with Gasteiger partial charge in [-0.25, -0.2) is 0 Å². The van der Waals surface area contributed by atoms with Crippen LogP contribution in [0.25, 0.3) is 0 Å². The summed E-state index contributed by atoms with van der Waals surface area (Å²) in [6, 6.07) is 12.4. The van der Waals surface area contributed by atoms with Gasteiger partial charge < -0.3 is 10.1 Å². The summed E-state index contributed by atoms with van der Waals surface area (Å²) in [5.74, 6) is -0.677. The molecule has 0 radical (unpaired) electrons. The van der Waals surface area contributed by atoms with E-state index in [0.29, 0.717) is 29.1 Å². The molecule has 2 rings (SSSR count).